The summed E-state index contributed by atoms with van der Waals surface area (Å²) in [4.78, 5) is 12.7. The van der Waals surface area contributed by atoms with Crippen LogP contribution in [0.3, 0.4) is 0 Å². The smallest absolute Gasteiger partial charge is 0.222 e. The van der Waals surface area contributed by atoms with Crippen molar-refractivity contribution < 1.29 is 4.39 Å². The van der Waals surface area contributed by atoms with Crippen LogP contribution in [0.1, 0.15) is 0 Å². The molecular weight excluding hydrogens is 267 g/mol. The van der Waals surface area contributed by atoms with Gasteiger partial charge in [-0.3, -0.25) is 4.98 Å². The Morgan fingerprint density at radius 1 is 1.05 bits per heavy atom. The fraction of sp³-hybridized carbons (Fsp3) is 0.0625. The van der Waals surface area contributed by atoms with Crippen molar-refractivity contribution in [3.05, 3.63) is 60.8 Å². The number of pyridine rings is 1. The van der Waals surface area contributed by atoms with E-state index < -0.39 is 0 Å². The summed E-state index contributed by atoms with van der Waals surface area (Å²) >= 11 is 0. The van der Waals surface area contributed by atoms with Crippen molar-refractivity contribution in [2.45, 2.75) is 0 Å². The number of benzene rings is 1. The van der Waals surface area contributed by atoms with Crippen LogP contribution in [0.25, 0.3) is 22.4 Å². The number of aromatic nitrogens is 3. The van der Waals surface area contributed by atoms with E-state index in [4.69, 9.17) is 0 Å². The Labute approximate surface area is 121 Å². The molecule has 3 aromatic rings. The van der Waals surface area contributed by atoms with Gasteiger partial charge in [0.15, 0.2) is 0 Å². The van der Waals surface area contributed by atoms with Crippen LogP contribution in [0, 0.1) is 5.82 Å². The molecule has 4 nitrogen and oxygen atoms in total. The maximum absolute atomic E-state index is 13.5. The van der Waals surface area contributed by atoms with Crippen LogP contribution < -0.4 is 5.32 Å². The first-order chi connectivity index (χ1) is 10.3. The Morgan fingerprint density at radius 3 is 2.57 bits per heavy atom. The number of halogens is 1. The molecule has 104 valence electrons. The molecule has 0 unspecified atom stereocenters. The molecule has 0 atom stereocenters. The molecule has 0 bridgehead atoms. The lowest BCUT2D eigenvalue weighted by atomic mass is 10.0. The van der Waals surface area contributed by atoms with E-state index in [2.05, 4.69) is 20.3 Å². The second-order valence-electron chi connectivity index (χ2n) is 4.45. The third kappa shape index (κ3) is 2.72. The van der Waals surface area contributed by atoms with Crippen LogP contribution in [-0.2, 0) is 0 Å². The average Bonchev–Trinajstić information content (AvgIpc) is 2.55. The zero-order valence-corrected chi connectivity index (χ0v) is 11.4. The fourth-order valence-electron chi connectivity index (χ4n) is 2.10. The van der Waals surface area contributed by atoms with Gasteiger partial charge in [0.2, 0.25) is 5.95 Å². The maximum atomic E-state index is 13.5. The van der Waals surface area contributed by atoms with E-state index in [9.17, 15) is 4.39 Å². The van der Waals surface area contributed by atoms with Gasteiger partial charge in [0.05, 0.1) is 5.69 Å². The molecular formula is C16H13FN4. The summed E-state index contributed by atoms with van der Waals surface area (Å²) < 4.78 is 13.5. The lowest BCUT2D eigenvalue weighted by Gasteiger charge is -2.10. The van der Waals surface area contributed by atoms with Gasteiger partial charge >= 0.3 is 0 Å². The molecule has 2 heterocycles. The highest BCUT2D eigenvalue weighted by molar-refractivity contribution is 5.80. The van der Waals surface area contributed by atoms with Crippen molar-refractivity contribution in [3.63, 3.8) is 0 Å². The van der Waals surface area contributed by atoms with Gasteiger partial charge in [0, 0.05) is 36.8 Å². The number of anilines is 1. The first-order valence-electron chi connectivity index (χ1n) is 6.49. The third-order valence-corrected chi connectivity index (χ3v) is 3.10. The van der Waals surface area contributed by atoms with Gasteiger partial charge < -0.3 is 5.32 Å². The van der Waals surface area contributed by atoms with Crippen LogP contribution in [0.4, 0.5) is 10.3 Å². The number of hydrogen-bond acceptors (Lipinski definition) is 4. The van der Waals surface area contributed by atoms with Crippen LogP contribution in [0.15, 0.2) is 55.0 Å². The highest BCUT2D eigenvalue weighted by Gasteiger charge is 2.11. The minimum absolute atomic E-state index is 0.294. The second-order valence-corrected chi connectivity index (χ2v) is 4.45. The van der Waals surface area contributed by atoms with Crippen molar-refractivity contribution in [2.24, 2.45) is 0 Å². The van der Waals surface area contributed by atoms with Crippen LogP contribution in [0.2, 0.25) is 0 Å². The first-order valence-corrected chi connectivity index (χ1v) is 6.49. The fourth-order valence-corrected chi connectivity index (χ4v) is 2.10. The Kier molecular flexibility index (Phi) is 3.55. The van der Waals surface area contributed by atoms with Gasteiger partial charge in [0.25, 0.3) is 0 Å². The monoisotopic (exact) mass is 280 g/mol. The summed E-state index contributed by atoms with van der Waals surface area (Å²) in [5.74, 6) is 0.199. The highest BCUT2D eigenvalue weighted by atomic mass is 19.1. The molecule has 0 aliphatic carbocycles. The molecule has 0 aliphatic rings. The summed E-state index contributed by atoms with van der Waals surface area (Å²) in [6.07, 6.45) is 5.14. The Balaban J connectivity index is 2.21. The normalized spacial score (nSPS) is 10.4. The average molecular weight is 280 g/mol. The molecule has 3 rings (SSSR count). The van der Waals surface area contributed by atoms with Crippen molar-refractivity contribution in [3.8, 4) is 22.4 Å². The van der Waals surface area contributed by atoms with E-state index in [1.165, 1.54) is 12.1 Å². The van der Waals surface area contributed by atoms with Gasteiger partial charge in [-0.25, -0.2) is 14.4 Å². The predicted molar refractivity (Wildman–Crippen MR) is 80.2 cm³/mol. The Morgan fingerprint density at radius 2 is 1.86 bits per heavy atom. The molecule has 1 N–H and O–H groups in total. The largest absolute Gasteiger partial charge is 0.357 e. The molecule has 0 amide bonds. The number of hydrogen-bond donors (Lipinski definition) is 1. The molecule has 0 saturated heterocycles. The van der Waals surface area contributed by atoms with Crippen molar-refractivity contribution in [1.82, 2.24) is 15.0 Å². The van der Waals surface area contributed by atoms with Crippen LogP contribution >= 0.6 is 0 Å². The molecule has 0 spiro atoms. The standard InChI is InChI=1S/C16H13FN4/c1-18-16-20-10-14(11-5-7-19-8-6-11)15(21-16)12-3-2-4-13(17)9-12/h2-10H,1H3,(H,18,20,21). The van der Waals surface area contributed by atoms with Crippen molar-refractivity contribution >= 4 is 5.95 Å². The zero-order valence-electron chi connectivity index (χ0n) is 11.4. The first kappa shape index (κ1) is 13.2. The summed E-state index contributed by atoms with van der Waals surface area (Å²) in [6.45, 7) is 0. The van der Waals surface area contributed by atoms with Gasteiger partial charge in [0.1, 0.15) is 5.82 Å². The molecule has 0 radical (unpaired) electrons. The number of rotatable bonds is 3. The zero-order chi connectivity index (χ0) is 14.7. The summed E-state index contributed by atoms with van der Waals surface area (Å²) in [5.41, 5.74) is 3.16. The third-order valence-electron chi connectivity index (χ3n) is 3.10. The maximum Gasteiger partial charge on any atom is 0.222 e. The Bertz CT molecular complexity index is 759. The highest BCUT2D eigenvalue weighted by Crippen LogP contribution is 2.30. The minimum Gasteiger partial charge on any atom is -0.357 e. The Hall–Kier alpha value is -2.82. The molecule has 5 heteroatoms. The van der Waals surface area contributed by atoms with Crippen LogP contribution in [-0.4, -0.2) is 22.0 Å². The van der Waals surface area contributed by atoms with E-state index in [-0.39, 0.29) is 5.82 Å². The van der Waals surface area contributed by atoms with E-state index >= 15 is 0 Å². The van der Waals surface area contributed by atoms with Gasteiger partial charge in [-0.1, -0.05) is 12.1 Å². The summed E-state index contributed by atoms with van der Waals surface area (Å²) in [5, 5.41) is 2.90. The summed E-state index contributed by atoms with van der Waals surface area (Å²) in [7, 11) is 1.75. The van der Waals surface area contributed by atoms with E-state index in [1.807, 2.05) is 18.2 Å². The van der Waals surface area contributed by atoms with Gasteiger partial charge in [-0.05, 0) is 29.8 Å². The predicted octanol–water partition coefficient (Wildman–Crippen LogP) is 3.39. The minimum atomic E-state index is -0.294. The van der Waals surface area contributed by atoms with E-state index in [0.717, 1.165) is 11.1 Å². The molecule has 2 aromatic heterocycles. The van der Waals surface area contributed by atoms with Crippen molar-refractivity contribution in [2.75, 3.05) is 12.4 Å². The molecule has 21 heavy (non-hydrogen) atoms. The van der Waals surface area contributed by atoms with E-state index in [0.29, 0.717) is 17.2 Å². The number of nitrogens with one attached hydrogen (secondary N) is 1. The number of nitrogens with zero attached hydrogens (tertiary/aromatic N) is 3. The lowest BCUT2D eigenvalue weighted by molar-refractivity contribution is 0.628. The molecule has 0 aliphatic heterocycles. The lowest BCUT2D eigenvalue weighted by Crippen LogP contribution is -1.99. The van der Waals surface area contributed by atoms with Gasteiger partial charge in [-0.2, -0.15) is 0 Å². The molecule has 1 aromatic carbocycles. The van der Waals surface area contributed by atoms with Crippen LogP contribution in [0.5, 0.6) is 0 Å². The van der Waals surface area contributed by atoms with Crippen molar-refractivity contribution in [1.29, 1.82) is 0 Å². The second kappa shape index (κ2) is 5.66. The van der Waals surface area contributed by atoms with E-state index in [1.54, 1.807) is 31.7 Å². The topological polar surface area (TPSA) is 50.7 Å². The molecule has 0 fully saturated rings. The molecule has 0 saturated carbocycles. The summed E-state index contributed by atoms with van der Waals surface area (Å²) in [6, 6.07) is 10.1. The SMILES string of the molecule is CNc1ncc(-c2ccncc2)c(-c2cccc(F)c2)n1. The quantitative estimate of drug-likeness (QED) is 0.799. The van der Waals surface area contributed by atoms with Gasteiger partial charge in [-0.15, -0.1) is 0 Å².